The van der Waals surface area contributed by atoms with Crippen LogP contribution < -0.4 is 10.1 Å². The fraction of sp³-hybridized carbons (Fsp3) is 0.333. The second-order valence-corrected chi connectivity index (χ2v) is 10.6. The zero-order chi connectivity index (χ0) is 23.6. The van der Waals surface area contributed by atoms with Crippen molar-refractivity contribution in [3.8, 4) is 5.75 Å². The second-order valence-electron chi connectivity index (χ2n) is 9.48. The van der Waals surface area contributed by atoms with Gasteiger partial charge >= 0.3 is 0 Å². The van der Waals surface area contributed by atoms with E-state index in [0.717, 1.165) is 36.1 Å². The number of amides is 1. The molecule has 1 atom stereocenters. The van der Waals surface area contributed by atoms with Crippen molar-refractivity contribution in [1.29, 1.82) is 0 Å². The van der Waals surface area contributed by atoms with Gasteiger partial charge in [0.25, 0.3) is 5.91 Å². The van der Waals surface area contributed by atoms with Crippen LogP contribution in [0.4, 0.5) is 15.1 Å². The molecule has 1 heterocycles. The smallest absolute Gasteiger partial charge is 0.259 e. The Labute approximate surface area is 198 Å². The Bertz CT molecular complexity index is 1160. The van der Waals surface area contributed by atoms with Gasteiger partial charge in [-0.3, -0.25) is 4.79 Å². The van der Waals surface area contributed by atoms with Crippen molar-refractivity contribution in [2.45, 2.75) is 40.0 Å². The van der Waals surface area contributed by atoms with Gasteiger partial charge in [-0.25, -0.2) is 9.38 Å². The minimum absolute atomic E-state index is 0.155. The molecular weight excluding hydrogens is 435 g/mol. The summed E-state index contributed by atoms with van der Waals surface area (Å²) < 4.78 is 18.5. The van der Waals surface area contributed by atoms with E-state index in [4.69, 9.17) is 4.74 Å². The maximum atomic E-state index is 13.4. The lowest BCUT2D eigenvalue weighted by molar-refractivity contribution is 0.102. The highest BCUT2D eigenvalue weighted by Crippen LogP contribution is 2.45. The number of anilines is 1. The number of nitrogens with zero attached hydrogens (tertiary/aromatic N) is 1. The van der Waals surface area contributed by atoms with E-state index >= 15 is 0 Å². The number of nitrogens with one attached hydrogen (secondary N) is 1. The molecule has 3 aromatic rings. The third-order valence-electron chi connectivity index (χ3n) is 6.25. The first-order valence-corrected chi connectivity index (χ1v) is 12.0. The molecule has 0 saturated heterocycles. The number of benzene rings is 2. The summed E-state index contributed by atoms with van der Waals surface area (Å²) in [5.74, 6) is 0.860. The number of fused-ring (bicyclic) bond motifs is 1. The number of ether oxygens (including phenoxy) is 1. The molecule has 4 nitrogen and oxygen atoms in total. The average Bonchev–Trinajstić information content (AvgIpc) is 3.16. The predicted molar refractivity (Wildman–Crippen MR) is 134 cm³/mol. The van der Waals surface area contributed by atoms with Crippen LogP contribution in [0, 0.1) is 17.2 Å². The van der Waals surface area contributed by atoms with Crippen molar-refractivity contribution in [3.05, 3.63) is 75.9 Å². The van der Waals surface area contributed by atoms with Crippen LogP contribution in [0.25, 0.3) is 0 Å². The highest BCUT2D eigenvalue weighted by atomic mass is 32.1. The first-order valence-electron chi connectivity index (χ1n) is 11.1. The van der Waals surface area contributed by atoms with Crippen LogP contribution in [0.15, 0.2) is 53.5 Å². The summed E-state index contributed by atoms with van der Waals surface area (Å²) in [6, 6.07) is 13.5. The van der Waals surface area contributed by atoms with Crippen LogP contribution >= 0.6 is 11.3 Å². The molecular formula is C27H29FN2O2S. The molecule has 2 aromatic carbocycles. The number of carbonyl (C=O) groups excluding carboxylic acids is 1. The summed E-state index contributed by atoms with van der Waals surface area (Å²) in [6.45, 7) is 6.84. The Hall–Kier alpha value is -2.99. The molecule has 6 heteroatoms. The summed E-state index contributed by atoms with van der Waals surface area (Å²) in [5.41, 5.74) is 3.47. The van der Waals surface area contributed by atoms with Crippen LogP contribution in [-0.2, 0) is 12.8 Å². The van der Waals surface area contributed by atoms with Gasteiger partial charge in [0.2, 0.25) is 0 Å². The molecule has 0 spiro atoms. The molecule has 0 saturated carbocycles. The van der Waals surface area contributed by atoms with Crippen LogP contribution in [0.3, 0.4) is 0 Å². The van der Waals surface area contributed by atoms with E-state index in [2.05, 4.69) is 31.1 Å². The minimum atomic E-state index is -0.286. The van der Waals surface area contributed by atoms with Gasteiger partial charge in [-0.1, -0.05) is 32.9 Å². The molecule has 1 amide bonds. The molecule has 1 unspecified atom stereocenters. The summed E-state index contributed by atoms with van der Waals surface area (Å²) in [6.07, 6.45) is 4.57. The maximum absolute atomic E-state index is 13.4. The number of hydrogen-bond donors (Lipinski definition) is 1. The molecule has 1 N–H and O–H groups in total. The molecule has 1 aliphatic carbocycles. The summed E-state index contributed by atoms with van der Waals surface area (Å²) in [7, 11) is 1.61. The Balaban J connectivity index is 1.67. The number of hydrogen-bond acceptors (Lipinski definition) is 4. The molecule has 0 bridgehead atoms. The van der Waals surface area contributed by atoms with Gasteiger partial charge in [0.1, 0.15) is 16.6 Å². The lowest BCUT2D eigenvalue weighted by Gasteiger charge is -2.33. The van der Waals surface area contributed by atoms with Gasteiger partial charge < -0.3 is 10.1 Å². The van der Waals surface area contributed by atoms with Gasteiger partial charge in [0.05, 0.1) is 12.7 Å². The van der Waals surface area contributed by atoms with Gasteiger partial charge in [-0.2, -0.15) is 0 Å². The summed E-state index contributed by atoms with van der Waals surface area (Å²) in [5, 5.41) is 3.72. The van der Waals surface area contributed by atoms with Crippen molar-refractivity contribution >= 4 is 34.1 Å². The summed E-state index contributed by atoms with van der Waals surface area (Å²) in [4.78, 5) is 19.3. The van der Waals surface area contributed by atoms with Gasteiger partial charge in [-0.05, 0) is 78.1 Å². The summed E-state index contributed by atoms with van der Waals surface area (Å²) >= 11 is 1.60. The molecule has 0 aliphatic heterocycles. The van der Waals surface area contributed by atoms with Crippen molar-refractivity contribution in [2.24, 2.45) is 16.3 Å². The largest absolute Gasteiger partial charge is 0.497 e. The second kappa shape index (κ2) is 9.48. The van der Waals surface area contributed by atoms with Crippen molar-refractivity contribution in [2.75, 3.05) is 12.4 Å². The first kappa shape index (κ1) is 23.2. The highest BCUT2D eigenvalue weighted by Gasteiger charge is 2.33. The number of methoxy groups -OCH3 is 1. The molecule has 1 aromatic heterocycles. The van der Waals surface area contributed by atoms with E-state index in [1.165, 1.54) is 17.0 Å². The topological polar surface area (TPSA) is 50.7 Å². The van der Waals surface area contributed by atoms with Crippen molar-refractivity contribution in [1.82, 2.24) is 0 Å². The Morgan fingerprint density at radius 2 is 1.85 bits per heavy atom. The zero-order valence-electron chi connectivity index (χ0n) is 19.4. The number of rotatable bonds is 5. The van der Waals surface area contributed by atoms with E-state index in [1.807, 2.05) is 24.3 Å². The van der Waals surface area contributed by atoms with Crippen LogP contribution in [0.5, 0.6) is 5.75 Å². The van der Waals surface area contributed by atoms with Gasteiger partial charge in [0, 0.05) is 16.8 Å². The minimum Gasteiger partial charge on any atom is -0.497 e. The number of aliphatic imine (C=N–C) groups is 1. The van der Waals surface area contributed by atoms with Gasteiger partial charge in [0.15, 0.2) is 0 Å². The van der Waals surface area contributed by atoms with E-state index in [0.29, 0.717) is 22.2 Å². The molecule has 172 valence electrons. The molecule has 33 heavy (non-hydrogen) atoms. The predicted octanol–water partition coefficient (Wildman–Crippen LogP) is 7.05. The lowest BCUT2D eigenvalue weighted by Crippen LogP contribution is -2.27. The van der Waals surface area contributed by atoms with Crippen LogP contribution in [-0.4, -0.2) is 19.2 Å². The standard InChI is InChI=1S/C27H29FN2O2S/c1-27(2,3)18-7-14-22-23(15-18)33-26(29-16-17-5-8-19(28)9-6-17)24(22)25(31)30-20-10-12-21(32-4)13-11-20/h5-6,8-13,16,18H,7,14-15H2,1-4H3,(H,30,31). The van der Waals surface area contributed by atoms with Crippen molar-refractivity contribution in [3.63, 3.8) is 0 Å². The monoisotopic (exact) mass is 464 g/mol. The van der Waals surface area contributed by atoms with Crippen molar-refractivity contribution < 1.29 is 13.9 Å². The van der Waals surface area contributed by atoms with E-state index < -0.39 is 0 Å². The quantitative estimate of drug-likeness (QED) is 0.411. The van der Waals surface area contributed by atoms with Crippen LogP contribution in [0.1, 0.15) is 53.6 Å². The first-order chi connectivity index (χ1) is 15.7. The zero-order valence-corrected chi connectivity index (χ0v) is 20.3. The highest BCUT2D eigenvalue weighted by molar-refractivity contribution is 7.16. The van der Waals surface area contributed by atoms with Gasteiger partial charge in [-0.15, -0.1) is 11.3 Å². The third-order valence-corrected chi connectivity index (χ3v) is 7.41. The fourth-order valence-electron chi connectivity index (χ4n) is 4.19. The van der Waals surface area contributed by atoms with Crippen LogP contribution in [0.2, 0.25) is 0 Å². The number of halogens is 1. The SMILES string of the molecule is COc1ccc(NC(=O)c2c(N=Cc3ccc(F)cc3)sc3c2CCC(C(C)(C)C)C3)cc1. The molecule has 0 radical (unpaired) electrons. The number of thiophene rings is 1. The third kappa shape index (κ3) is 5.33. The Kier molecular flexibility index (Phi) is 6.66. The number of carbonyl (C=O) groups is 1. The Morgan fingerprint density at radius 1 is 1.15 bits per heavy atom. The fourth-order valence-corrected chi connectivity index (χ4v) is 5.45. The normalized spacial score (nSPS) is 16.0. The Morgan fingerprint density at radius 3 is 2.48 bits per heavy atom. The lowest BCUT2D eigenvalue weighted by atomic mass is 9.72. The molecule has 1 aliphatic rings. The average molecular weight is 465 g/mol. The molecule has 0 fully saturated rings. The van der Waals surface area contributed by atoms with E-state index in [-0.39, 0.29) is 17.1 Å². The maximum Gasteiger partial charge on any atom is 0.259 e. The van der Waals surface area contributed by atoms with E-state index in [1.54, 1.807) is 36.8 Å². The van der Waals surface area contributed by atoms with E-state index in [9.17, 15) is 9.18 Å². The molecule has 4 rings (SSSR count).